The topological polar surface area (TPSA) is 59.2 Å². The number of aromatic nitrogens is 2. The maximum Gasteiger partial charge on any atom is 0.249 e. The molecule has 138 valence electrons. The van der Waals surface area contributed by atoms with Crippen LogP contribution in [0.4, 0.5) is 4.39 Å². The molecule has 0 unspecified atom stereocenters. The number of carbonyl (C=O) groups excluding carboxylic acids is 1. The number of rotatable bonds is 4. The Morgan fingerprint density at radius 1 is 1.22 bits per heavy atom. The van der Waals surface area contributed by atoms with Crippen LogP contribution in [0.1, 0.15) is 30.3 Å². The molecule has 7 heteroatoms. The maximum absolute atomic E-state index is 13.1. The van der Waals surface area contributed by atoms with E-state index < -0.39 is 0 Å². The lowest BCUT2D eigenvalue weighted by Gasteiger charge is -2.22. The summed E-state index contributed by atoms with van der Waals surface area (Å²) in [6.45, 7) is 0.641. The van der Waals surface area contributed by atoms with Gasteiger partial charge in [-0.25, -0.2) is 4.39 Å². The summed E-state index contributed by atoms with van der Waals surface area (Å²) in [5.41, 5.74) is 1.46. The van der Waals surface area contributed by atoms with Crippen LogP contribution in [0.3, 0.4) is 0 Å². The second-order valence-electron chi connectivity index (χ2n) is 6.48. The molecule has 5 nitrogen and oxygen atoms in total. The van der Waals surface area contributed by atoms with Crippen molar-refractivity contribution in [3.05, 3.63) is 70.8 Å². The first-order chi connectivity index (χ1) is 13.1. The molecule has 0 spiro atoms. The fourth-order valence-corrected chi connectivity index (χ4v) is 3.52. The number of halogens is 2. The molecule has 4 rings (SSSR count). The number of amides is 1. The highest BCUT2D eigenvalue weighted by atomic mass is 35.5. The molecule has 1 fully saturated rings. The van der Waals surface area contributed by atoms with Crippen LogP contribution in [-0.4, -0.2) is 27.5 Å². The van der Waals surface area contributed by atoms with Crippen LogP contribution in [0, 0.1) is 5.82 Å². The summed E-state index contributed by atoms with van der Waals surface area (Å²) in [7, 11) is 0. The van der Waals surface area contributed by atoms with E-state index in [0.29, 0.717) is 28.8 Å². The fraction of sp³-hybridized carbons (Fsp3) is 0.250. The lowest BCUT2D eigenvalue weighted by molar-refractivity contribution is -0.131. The largest absolute Gasteiger partial charge is 0.337 e. The monoisotopic (exact) mass is 385 g/mol. The van der Waals surface area contributed by atoms with Crippen LogP contribution >= 0.6 is 11.6 Å². The Bertz CT molecular complexity index is 958. The van der Waals surface area contributed by atoms with E-state index in [9.17, 15) is 9.18 Å². The van der Waals surface area contributed by atoms with Gasteiger partial charge in [-0.05, 0) is 48.7 Å². The SMILES string of the molecule is O=C(Cc1ccccc1Cl)N1CCC[C@@H]1c1nc(-c2ccc(F)cc2)no1. The van der Waals surface area contributed by atoms with Crippen molar-refractivity contribution in [3.63, 3.8) is 0 Å². The number of hydrogen-bond acceptors (Lipinski definition) is 4. The van der Waals surface area contributed by atoms with Crippen molar-refractivity contribution in [3.8, 4) is 11.4 Å². The van der Waals surface area contributed by atoms with E-state index >= 15 is 0 Å². The molecule has 1 aromatic heterocycles. The molecule has 0 radical (unpaired) electrons. The van der Waals surface area contributed by atoms with Gasteiger partial charge in [-0.3, -0.25) is 4.79 Å². The molecule has 1 saturated heterocycles. The van der Waals surface area contributed by atoms with E-state index in [1.54, 1.807) is 23.1 Å². The van der Waals surface area contributed by atoms with E-state index in [1.807, 2.05) is 18.2 Å². The van der Waals surface area contributed by atoms with Gasteiger partial charge in [-0.15, -0.1) is 0 Å². The first-order valence-corrected chi connectivity index (χ1v) is 9.12. The molecular formula is C20H17ClFN3O2. The van der Waals surface area contributed by atoms with Crippen LogP contribution in [0.2, 0.25) is 5.02 Å². The predicted octanol–water partition coefficient (Wildman–Crippen LogP) is 4.44. The van der Waals surface area contributed by atoms with Gasteiger partial charge in [0.1, 0.15) is 11.9 Å². The summed E-state index contributed by atoms with van der Waals surface area (Å²) in [6, 6.07) is 13.0. The minimum absolute atomic E-state index is 0.0212. The van der Waals surface area contributed by atoms with Crippen molar-refractivity contribution in [1.29, 1.82) is 0 Å². The van der Waals surface area contributed by atoms with Crippen molar-refractivity contribution in [2.75, 3.05) is 6.54 Å². The van der Waals surface area contributed by atoms with Gasteiger partial charge in [0.15, 0.2) is 0 Å². The summed E-state index contributed by atoms with van der Waals surface area (Å²) >= 11 is 6.17. The normalized spacial score (nSPS) is 16.7. The number of likely N-dealkylation sites (tertiary alicyclic amines) is 1. The molecule has 2 aromatic carbocycles. The van der Waals surface area contributed by atoms with E-state index in [-0.39, 0.29) is 24.2 Å². The summed E-state index contributed by atoms with van der Waals surface area (Å²) < 4.78 is 18.5. The third kappa shape index (κ3) is 3.71. The molecule has 1 aliphatic rings. The third-order valence-electron chi connectivity index (χ3n) is 4.70. The Labute approximate surface area is 160 Å². The van der Waals surface area contributed by atoms with Crippen LogP contribution in [0.15, 0.2) is 53.1 Å². The third-order valence-corrected chi connectivity index (χ3v) is 5.07. The fourth-order valence-electron chi connectivity index (χ4n) is 3.31. The quantitative estimate of drug-likeness (QED) is 0.666. The minimum atomic E-state index is -0.324. The molecule has 27 heavy (non-hydrogen) atoms. The summed E-state index contributed by atoms with van der Waals surface area (Å²) in [5, 5.41) is 4.57. The van der Waals surface area contributed by atoms with Gasteiger partial charge >= 0.3 is 0 Å². The highest BCUT2D eigenvalue weighted by molar-refractivity contribution is 6.31. The molecule has 3 aromatic rings. The highest BCUT2D eigenvalue weighted by Gasteiger charge is 2.34. The van der Waals surface area contributed by atoms with Gasteiger partial charge in [-0.1, -0.05) is 35.0 Å². The zero-order valence-corrected chi connectivity index (χ0v) is 15.2. The van der Waals surface area contributed by atoms with Crippen LogP contribution in [0.5, 0.6) is 0 Å². The first-order valence-electron chi connectivity index (χ1n) is 8.74. The minimum Gasteiger partial charge on any atom is -0.337 e. The van der Waals surface area contributed by atoms with E-state index in [2.05, 4.69) is 10.1 Å². The van der Waals surface area contributed by atoms with E-state index in [4.69, 9.17) is 16.1 Å². The smallest absolute Gasteiger partial charge is 0.249 e. The second kappa shape index (κ2) is 7.48. The molecule has 2 heterocycles. The van der Waals surface area contributed by atoms with E-state index in [1.165, 1.54) is 12.1 Å². The molecule has 0 saturated carbocycles. The maximum atomic E-state index is 13.1. The zero-order valence-electron chi connectivity index (χ0n) is 14.4. The number of hydrogen-bond donors (Lipinski definition) is 0. The molecule has 1 atom stereocenters. The lowest BCUT2D eigenvalue weighted by Crippen LogP contribution is -2.32. The summed E-state index contributed by atoms with van der Waals surface area (Å²) in [5.74, 6) is 0.441. The summed E-state index contributed by atoms with van der Waals surface area (Å²) in [6.07, 6.45) is 1.86. The Hall–Kier alpha value is -2.73. The van der Waals surface area contributed by atoms with Crippen LogP contribution in [0.25, 0.3) is 11.4 Å². The molecule has 1 amide bonds. The molecule has 1 aliphatic heterocycles. The van der Waals surface area contributed by atoms with Crippen LogP contribution < -0.4 is 0 Å². The van der Waals surface area contributed by atoms with Gasteiger partial charge in [-0.2, -0.15) is 4.98 Å². The Morgan fingerprint density at radius 3 is 2.78 bits per heavy atom. The average molecular weight is 386 g/mol. The van der Waals surface area contributed by atoms with Crippen molar-refractivity contribution in [2.45, 2.75) is 25.3 Å². The van der Waals surface area contributed by atoms with Crippen molar-refractivity contribution < 1.29 is 13.7 Å². The predicted molar refractivity (Wildman–Crippen MR) is 98.5 cm³/mol. The van der Waals surface area contributed by atoms with Gasteiger partial charge in [0.2, 0.25) is 17.6 Å². The standard InChI is InChI=1S/C20H17ClFN3O2/c21-16-5-2-1-4-14(16)12-18(26)25-11-3-6-17(25)20-23-19(24-27-20)13-7-9-15(22)10-8-13/h1-2,4-5,7-10,17H,3,6,11-12H2/t17-/m1/s1. The number of benzene rings is 2. The second-order valence-corrected chi connectivity index (χ2v) is 6.88. The molecule has 0 bridgehead atoms. The van der Waals surface area contributed by atoms with Gasteiger partial charge in [0, 0.05) is 17.1 Å². The molecular weight excluding hydrogens is 369 g/mol. The number of nitrogens with zero attached hydrogens (tertiary/aromatic N) is 3. The van der Waals surface area contributed by atoms with Crippen molar-refractivity contribution in [1.82, 2.24) is 15.0 Å². The van der Waals surface area contributed by atoms with Gasteiger partial charge in [0.25, 0.3) is 0 Å². The highest BCUT2D eigenvalue weighted by Crippen LogP contribution is 2.33. The Kier molecular flexibility index (Phi) is 4.90. The van der Waals surface area contributed by atoms with E-state index in [0.717, 1.165) is 18.4 Å². The van der Waals surface area contributed by atoms with Crippen LogP contribution in [-0.2, 0) is 11.2 Å². The Balaban J connectivity index is 1.52. The van der Waals surface area contributed by atoms with Gasteiger partial charge < -0.3 is 9.42 Å². The number of carbonyl (C=O) groups is 1. The zero-order chi connectivity index (χ0) is 18.8. The molecule has 0 N–H and O–H groups in total. The average Bonchev–Trinajstić information content (AvgIpc) is 3.33. The first kappa shape index (κ1) is 17.7. The lowest BCUT2D eigenvalue weighted by atomic mass is 10.1. The Morgan fingerprint density at radius 2 is 2.00 bits per heavy atom. The molecule has 0 aliphatic carbocycles. The van der Waals surface area contributed by atoms with Gasteiger partial charge in [0.05, 0.1) is 6.42 Å². The summed E-state index contributed by atoms with van der Waals surface area (Å²) in [4.78, 5) is 19.0. The van der Waals surface area contributed by atoms with Crippen molar-refractivity contribution in [2.24, 2.45) is 0 Å². The van der Waals surface area contributed by atoms with Crippen molar-refractivity contribution >= 4 is 17.5 Å².